The predicted octanol–water partition coefficient (Wildman–Crippen LogP) is 0.336. The van der Waals surface area contributed by atoms with Gasteiger partial charge in [-0.05, 0) is 31.7 Å². The zero-order valence-corrected chi connectivity index (χ0v) is 9.19. The summed E-state index contributed by atoms with van der Waals surface area (Å²) in [6, 6.07) is 4.73. The van der Waals surface area contributed by atoms with Crippen LogP contribution in [0.5, 0.6) is 0 Å². The minimum Gasteiger partial charge on any atom is -0.332 e. The van der Waals surface area contributed by atoms with Crippen LogP contribution in [0.3, 0.4) is 0 Å². The van der Waals surface area contributed by atoms with Crippen molar-refractivity contribution in [2.24, 2.45) is 0 Å². The molecule has 0 atom stereocenters. The van der Waals surface area contributed by atoms with E-state index in [-0.39, 0.29) is 11.3 Å². The second-order valence-corrected chi connectivity index (χ2v) is 4.16. The van der Waals surface area contributed by atoms with E-state index in [0.717, 1.165) is 12.8 Å². The lowest BCUT2D eigenvalue weighted by Crippen LogP contribution is -2.45. The van der Waals surface area contributed by atoms with E-state index in [0.29, 0.717) is 12.8 Å². The molecule has 0 aliphatic heterocycles. The molecule has 0 unspecified atom stereocenters. The minimum atomic E-state index is -0.769. The van der Waals surface area contributed by atoms with Crippen LogP contribution in [0.15, 0.2) is 16.9 Å². The molecule has 1 fully saturated rings. The average Bonchev–Trinajstić information content (AvgIpc) is 2.79. The van der Waals surface area contributed by atoms with Gasteiger partial charge in [0.25, 0.3) is 11.5 Å². The predicted molar refractivity (Wildman–Crippen MR) is 59.1 cm³/mol. The number of nitrogens with zero attached hydrogens (tertiary/aromatic N) is 2. The fourth-order valence-electron chi connectivity index (χ4n) is 2.00. The molecule has 0 aromatic carbocycles. The second-order valence-electron chi connectivity index (χ2n) is 4.16. The molecule has 1 aromatic rings. The van der Waals surface area contributed by atoms with E-state index >= 15 is 0 Å². The molecule has 1 aromatic heterocycles. The maximum atomic E-state index is 11.8. The van der Waals surface area contributed by atoms with E-state index in [4.69, 9.17) is 5.26 Å². The summed E-state index contributed by atoms with van der Waals surface area (Å²) in [6.07, 6.45) is 3.21. The summed E-state index contributed by atoms with van der Waals surface area (Å²) in [5.74, 6) is -0.426. The molecule has 2 rings (SSSR count). The largest absolute Gasteiger partial charge is 0.332 e. The molecule has 1 aliphatic rings. The number of nitrogens with one attached hydrogen (secondary N) is 2. The zero-order valence-electron chi connectivity index (χ0n) is 9.19. The average molecular weight is 232 g/mol. The first-order chi connectivity index (χ1) is 8.15. The fourth-order valence-corrected chi connectivity index (χ4v) is 2.00. The number of aromatic amines is 1. The van der Waals surface area contributed by atoms with Gasteiger partial charge in [0.1, 0.15) is 11.2 Å². The minimum absolute atomic E-state index is 0.117. The van der Waals surface area contributed by atoms with Crippen LogP contribution in [0.1, 0.15) is 36.2 Å². The second kappa shape index (κ2) is 4.37. The Kier molecular flexibility index (Phi) is 2.91. The molecule has 17 heavy (non-hydrogen) atoms. The molecular weight excluding hydrogens is 220 g/mol. The molecule has 0 bridgehead atoms. The highest BCUT2D eigenvalue weighted by atomic mass is 16.2. The fraction of sp³-hybridized carbons (Fsp3) is 0.455. The first-order valence-corrected chi connectivity index (χ1v) is 5.45. The van der Waals surface area contributed by atoms with E-state index in [2.05, 4.69) is 21.6 Å². The Morgan fingerprint density at radius 3 is 2.71 bits per heavy atom. The van der Waals surface area contributed by atoms with Crippen molar-refractivity contribution in [2.45, 2.75) is 31.2 Å². The van der Waals surface area contributed by atoms with Crippen LogP contribution in [0.25, 0.3) is 0 Å². The van der Waals surface area contributed by atoms with Crippen molar-refractivity contribution in [1.29, 1.82) is 5.26 Å². The lowest BCUT2D eigenvalue weighted by atomic mass is 10.00. The molecule has 1 heterocycles. The molecule has 6 heteroatoms. The molecule has 1 aliphatic carbocycles. The number of hydrogen-bond acceptors (Lipinski definition) is 4. The van der Waals surface area contributed by atoms with Crippen LogP contribution in [0.2, 0.25) is 0 Å². The lowest BCUT2D eigenvalue weighted by Gasteiger charge is -2.21. The van der Waals surface area contributed by atoms with E-state index < -0.39 is 11.4 Å². The van der Waals surface area contributed by atoms with Gasteiger partial charge in [-0.1, -0.05) is 0 Å². The zero-order chi connectivity index (χ0) is 12.3. The van der Waals surface area contributed by atoms with Crippen molar-refractivity contribution in [1.82, 2.24) is 15.5 Å². The summed E-state index contributed by atoms with van der Waals surface area (Å²) in [6.45, 7) is 0. The Morgan fingerprint density at radius 1 is 1.47 bits per heavy atom. The Bertz CT molecular complexity index is 503. The van der Waals surface area contributed by atoms with Crippen LogP contribution in [0.4, 0.5) is 0 Å². The molecule has 1 amide bonds. The summed E-state index contributed by atoms with van der Waals surface area (Å²) < 4.78 is 0. The normalized spacial score (nSPS) is 17.4. The number of aromatic nitrogens is 2. The van der Waals surface area contributed by atoms with E-state index in [1.807, 2.05) is 0 Å². The van der Waals surface area contributed by atoms with Crippen molar-refractivity contribution < 1.29 is 4.79 Å². The van der Waals surface area contributed by atoms with E-state index in [1.165, 1.54) is 12.1 Å². The first-order valence-electron chi connectivity index (χ1n) is 5.45. The standard InChI is InChI=1S/C11H12N4O2/c12-7-11(5-1-2-6-11)13-10(17)8-3-4-9(16)15-14-8/h3-4H,1-2,5-6H2,(H,13,17)(H,15,16). The Hall–Kier alpha value is -2.16. The third kappa shape index (κ3) is 2.33. The molecular formula is C11H12N4O2. The summed E-state index contributed by atoms with van der Waals surface area (Å²) in [5, 5.41) is 17.6. The van der Waals surface area contributed by atoms with Crippen LogP contribution in [0, 0.1) is 11.3 Å². The monoisotopic (exact) mass is 232 g/mol. The first kappa shape index (κ1) is 11.3. The smallest absolute Gasteiger partial charge is 0.272 e. The van der Waals surface area contributed by atoms with Crippen LogP contribution >= 0.6 is 0 Å². The van der Waals surface area contributed by atoms with Crippen LogP contribution in [-0.4, -0.2) is 21.6 Å². The van der Waals surface area contributed by atoms with Gasteiger partial charge in [0.2, 0.25) is 0 Å². The van der Waals surface area contributed by atoms with Crippen LogP contribution < -0.4 is 10.9 Å². The highest BCUT2D eigenvalue weighted by Crippen LogP contribution is 2.28. The lowest BCUT2D eigenvalue weighted by molar-refractivity contribution is 0.0914. The number of H-pyrrole nitrogens is 1. The van der Waals surface area contributed by atoms with Gasteiger partial charge in [0.05, 0.1) is 6.07 Å². The molecule has 2 N–H and O–H groups in total. The Labute approximate surface area is 97.7 Å². The van der Waals surface area contributed by atoms with Gasteiger partial charge in [-0.2, -0.15) is 10.4 Å². The maximum absolute atomic E-state index is 11.8. The van der Waals surface area contributed by atoms with Gasteiger partial charge in [0.15, 0.2) is 0 Å². The number of nitriles is 1. The third-order valence-electron chi connectivity index (χ3n) is 2.94. The summed E-state index contributed by atoms with van der Waals surface area (Å²) in [5.41, 5.74) is -1.02. The van der Waals surface area contributed by atoms with E-state index in [1.54, 1.807) is 0 Å². The molecule has 0 radical (unpaired) electrons. The Balaban J connectivity index is 2.14. The van der Waals surface area contributed by atoms with Gasteiger partial charge < -0.3 is 5.32 Å². The molecule has 1 saturated carbocycles. The maximum Gasteiger partial charge on any atom is 0.272 e. The molecule has 88 valence electrons. The molecule has 0 saturated heterocycles. The highest BCUT2D eigenvalue weighted by molar-refractivity contribution is 5.92. The third-order valence-corrected chi connectivity index (χ3v) is 2.94. The summed E-state index contributed by atoms with van der Waals surface area (Å²) in [7, 11) is 0. The quantitative estimate of drug-likeness (QED) is 0.767. The van der Waals surface area contributed by atoms with Crippen molar-refractivity contribution in [2.75, 3.05) is 0 Å². The molecule has 0 spiro atoms. The topological polar surface area (TPSA) is 98.6 Å². The van der Waals surface area contributed by atoms with Gasteiger partial charge in [-0.15, -0.1) is 0 Å². The number of hydrogen-bond donors (Lipinski definition) is 2. The number of rotatable bonds is 2. The van der Waals surface area contributed by atoms with Gasteiger partial charge in [-0.3, -0.25) is 9.59 Å². The van der Waals surface area contributed by atoms with Crippen molar-refractivity contribution in [3.05, 3.63) is 28.2 Å². The van der Waals surface area contributed by atoms with Gasteiger partial charge >= 0.3 is 0 Å². The SMILES string of the molecule is N#CC1(NC(=O)c2ccc(=O)[nH]n2)CCCC1. The van der Waals surface area contributed by atoms with Crippen LogP contribution in [-0.2, 0) is 0 Å². The van der Waals surface area contributed by atoms with Crippen molar-refractivity contribution >= 4 is 5.91 Å². The molecule has 6 nitrogen and oxygen atoms in total. The van der Waals surface area contributed by atoms with E-state index in [9.17, 15) is 9.59 Å². The van der Waals surface area contributed by atoms with Crippen molar-refractivity contribution in [3.63, 3.8) is 0 Å². The Morgan fingerprint density at radius 2 is 2.18 bits per heavy atom. The number of amides is 1. The number of carbonyl (C=O) groups excluding carboxylic acids is 1. The number of carbonyl (C=O) groups is 1. The summed E-state index contributed by atoms with van der Waals surface area (Å²) >= 11 is 0. The summed E-state index contributed by atoms with van der Waals surface area (Å²) in [4.78, 5) is 22.6. The van der Waals surface area contributed by atoms with Gasteiger partial charge in [0, 0.05) is 6.07 Å². The van der Waals surface area contributed by atoms with Gasteiger partial charge in [-0.25, -0.2) is 5.10 Å². The van der Waals surface area contributed by atoms with Crippen molar-refractivity contribution in [3.8, 4) is 6.07 Å². The highest BCUT2D eigenvalue weighted by Gasteiger charge is 2.35.